The summed E-state index contributed by atoms with van der Waals surface area (Å²) >= 11 is 0. The van der Waals surface area contributed by atoms with Crippen LogP contribution in [0.4, 0.5) is 0 Å². The van der Waals surface area contributed by atoms with Crippen LogP contribution < -0.4 is 0 Å². The SMILES string of the molecule is C=CC1=C(CCC)C(C)(C)c2cc(C)c(C)c(C)c21. The lowest BCUT2D eigenvalue weighted by Crippen LogP contribution is -2.18. The van der Waals surface area contributed by atoms with E-state index in [9.17, 15) is 0 Å². The van der Waals surface area contributed by atoms with Crippen molar-refractivity contribution in [3.05, 3.63) is 52.1 Å². The van der Waals surface area contributed by atoms with Crippen LogP contribution >= 0.6 is 0 Å². The molecule has 19 heavy (non-hydrogen) atoms. The van der Waals surface area contributed by atoms with Gasteiger partial charge < -0.3 is 0 Å². The Kier molecular flexibility index (Phi) is 3.47. The van der Waals surface area contributed by atoms with Crippen molar-refractivity contribution in [2.45, 2.75) is 59.8 Å². The summed E-state index contributed by atoms with van der Waals surface area (Å²) in [5.41, 5.74) is 10.3. The Morgan fingerprint density at radius 2 is 1.79 bits per heavy atom. The van der Waals surface area contributed by atoms with E-state index >= 15 is 0 Å². The maximum absolute atomic E-state index is 4.07. The Bertz CT molecular complexity index is 568. The summed E-state index contributed by atoms with van der Waals surface area (Å²) in [4.78, 5) is 0. The normalized spacial score (nSPS) is 16.7. The molecule has 0 aliphatic heterocycles. The molecule has 0 radical (unpaired) electrons. The van der Waals surface area contributed by atoms with Gasteiger partial charge >= 0.3 is 0 Å². The summed E-state index contributed by atoms with van der Waals surface area (Å²) < 4.78 is 0. The third kappa shape index (κ3) is 1.89. The Labute approximate surface area is 118 Å². The van der Waals surface area contributed by atoms with Crippen molar-refractivity contribution in [3.8, 4) is 0 Å². The lowest BCUT2D eigenvalue weighted by molar-refractivity contribution is 0.602. The first-order chi connectivity index (χ1) is 8.86. The van der Waals surface area contributed by atoms with Gasteiger partial charge in [-0.15, -0.1) is 0 Å². The van der Waals surface area contributed by atoms with E-state index in [1.165, 1.54) is 46.2 Å². The van der Waals surface area contributed by atoms with Crippen molar-refractivity contribution < 1.29 is 0 Å². The molecule has 102 valence electrons. The van der Waals surface area contributed by atoms with Crippen molar-refractivity contribution in [1.82, 2.24) is 0 Å². The zero-order valence-corrected chi connectivity index (χ0v) is 13.3. The molecule has 0 unspecified atom stereocenters. The summed E-state index contributed by atoms with van der Waals surface area (Å²) in [5, 5.41) is 0. The van der Waals surface area contributed by atoms with Gasteiger partial charge in [0.2, 0.25) is 0 Å². The quantitative estimate of drug-likeness (QED) is 0.654. The number of benzene rings is 1. The lowest BCUT2D eigenvalue weighted by Gasteiger charge is -2.25. The van der Waals surface area contributed by atoms with E-state index in [2.05, 4.69) is 60.3 Å². The molecule has 1 aliphatic rings. The predicted octanol–water partition coefficient (Wildman–Crippen LogP) is 5.64. The second kappa shape index (κ2) is 4.67. The molecule has 0 heteroatoms. The van der Waals surface area contributed by atoms with Gasteiger partial charge in [-0.05, 0) is 60.6 Å². The summed E-state index contributed by atoms with van der Waals surface area (Å²) in [6.45, 7) is 17.8. The van der Waals surface area contributed by atoms with Crippen molar-refractivity contribution in [2.75, 3.05) is 0 Å². The molecule has 0 saturated heterocycles. The predicted molar refractivity (Wildman–Crippen MR) is 85.7 cm³/mol. The van der Waals surface area contributed by atoms with Crippen molar-refractivity contribution >= 4 is 5.57 Å². The zero-order valence-electron chi connectivity index (χ0n) is 13.3. The molecule has 0 N–H and O–H groups in total. The molecule has 1 aromatic carbocycles. The highest BCUT2D eigenvalue weighted by Gasteiger charge is 2.37. The Morgan fingerprint density at radius 1 is 1.16 bits per heavy atom. The van der Waals surface area contributed by atoms with E-state index in [-0.39, 0.29) is 5.41 Å². The van der Waals surface area contributed by atoms with Gasteiger partial charge in [0.25, 0.3) is 0 Å². The molecule has 0 bridgehead atoms. The van der Waals surface area contributed by atoms with E-state index < -0.39 is 0 Å². The van der Waals surface area contributed by atoms with E-state index in [0.717, 1.165) is 0 Å². The first-order valence-corrected chi connectivity index (χ1v) is 7.33. The monoisotopic (exact) mass is 254 g/mol. The first kappa shape index (κ1) is 14.1. The third-order valence-corrected chi connectivity index (χ3v) is 4.89. The molecule has 2 rings (SSSR count). The van der Waals surface area contributed by atoms with Gasteiger partial charge in [-0.25, -0.2) is 0 Å². The number of hydrogen-bond donors (Lipinski definition) is 0. The average molecular weight is 254 g/mol. The van der Waals surface area contributed by atoms with Gasteiger partial charge in [-0.1, -0.05) is 51.5 Å². The van der Waals surface area contributed by atoms with Crippen LogP contribution in [-0.2, 0) is 5.41 Å². The standard InChI is InChI=1S/C19H26/c1-8-10-16-15(9-2)18-14(5)13(4)12(3)11-17(18)19(16,6)7/h9,11H,2,8,10H2,1,3-7H3. The number of fused-ring (bicyclic) bond motifs is 1. The van der Waals surface area contributed by atoms with Crippen molar-refractivity contribution in [1.29, 1.82) is 0 Å². The van der Waals surface area contributed by atoms with E-state index in [0.29, 0.717) is 0 Å². The molecule has 1 aromatic rings. The minimum absolute atomic E-state index is 0.151. The summed E-state index contributed by atoms with van der Waals surface area (Å²) in [6, 6.07) is 2.39. The number of allylic oxidation sites excluding steroid dienone is 3. The Balaban J connectivity index is 2.81. The molecule has 0 heterocycles. The van der Waals surface area contributed by atoms with Gasteiger partial charge in [0.1, 0.15) is 0 Å². The molecule has 1 aliphatic carbocycles. The fraction of sp³-hybridized carbons (Fsp3) is 0.474. The maximum Gasteiger partial charge on any atom is 0.0121 e. The number of rotatable bonds is 3. The minimum Gasteiger partial charge on any atom is -0.0984 e. The molecule has 0 nitrogen and oxygen atoms in total. The first-order valence-electron chi connectivity index (χ1n) is 7.33. The molecule has 0 amide bonds. The lowest BCUT2D eigenvalue weighted by atomic mass is 9.78. The van der Waals surface area contributed by atoms with Gasteiger partial charge in [0.15, 0.2) is 0 Å². The summed E-state index contributed by atoms with van der Waals surface area (Å²) in [6.07, 6.45) is 4.43. The molecule has 0 atom stereocenters. The van der Waals surface area contributed by atoms with Crippen LogP contribution in [0.25, 0.3) is 5.57 Å². The number of aryl methyl sites for hydroxylation is 1. The van der Waals surface area contributed by atoms with Crippen LogP contribution in [0.2, 0.25) is 0 Å². The molecule has 0 saturated carbocycles. The van der Waals surface area contributed by atoms with Crippen LogP contribution in [-0.4, -0.2) is 0 Å². The highest BCUT2D eigenvalue weighted by Crippen LogP contribution is 2.50. The number of hydrogen-bond acceptors (Lipinski definition) is 0. The highest BCUT2D eigenvalue weighted by atomic mass is 14.4. The smallest absolute Gasteiger partial charge is 0.0121 e. The van der Waals surface area contributed by atoms with Crippen LogP contribution in [0.3, 0.4) is 0 Å². The summed E-state index contributed by atoms with van der Waals surface area (Å²) in [7, 11) is 0. The molecular formula is C19H26. The maximum atomic E-state index is 4.07. The fourth-order valence-electron chi connectivity index (χ4n) is 3.49. The Hall–Kier alpha value is -1.30. The fourth-order valence-corrected chi connectivity index (χ4v) is 3.49. The highest BCUT2D eigenvalue weighted by molar-refractivity contribution is 5.87. The van der Waals surface area contributed by atoms with Crippen molar-refractivity contribution in [3.63, 3.8) is 0 Å². The van der Waals surface area contributed by atoms with Crippen LogP contribution in [0, 0.1) is 20.8 Å². The van der Waals surface area contributed by atoms with Crippen LogP contribution in [0.5, 0.6) is 0 Å². The van der Waals surface area contributed by atoms with Crippen molar-refractivity contribution in [2.24, 2.45) is 0 Å². The van der Waals surface area contributed by atoms with E-state index in [4.69, 9.17) is 0 Å². The summed E-state index contributed by atoms with van der Waals surface area (Å²) in [5.74, 6) is 0. The zero-order chi connectivity index (χ0) is 14.4. The topological polar surface area (TPSA) is 0 Å². The Morgan fingerprint density at radius 3 is 2.32 bits per heavy atom. The van der Waals surface area contributed by atoms with Crippen LogP contribution in [0.1, 0.15) is 61.4 Å². The minimum atomic E-state index is 0.151. The molecule has 0 aromatic heterocycles. The molecular weight excluding hydrogens is 228 g/mol. The van der Waals surface area contributed by atoms with Gasteiger partial charge in [-0.3, -0.25) is 0 Å². The second-order valence-electron chi connectivity index (χ2n) is 6.34. The van der Waals surface area contributed by atoms with Gasteiger partial charge in [0.05, 0.1) is 0 Å². The van der Waals surface area contributed by atoms with Gasteiger partial charge in [-0.2, -0.15) is 0 Å². The average Bonchev–Trinajstić information content (AvgIpc) is 2.57. The van der Waals surface area contributed by atoms with Gasteiger partial charge in [0, 0.05) is 5.41 Å². The molecule has 0 spiro atoms. The van der Waals surface area contributed by atoms with E-state index in [1.54, 1.807) is 5.57 Å². The largest absolute Gasteiger partial charge is 0.0984 e. The molecule has 0 fully saturated rings. The van der Waals surface area contributed by atoms with Crippen LogP contribution in [0.15, 0.2) is 24.3 Å². The third-order valence-electron chi connectivity index (χ3n) is 4.89. The van der Waals surface area contributed by atoms with E-state index in [1.807, 2.05) is 0 Å². The second-order valence-corrected chi connectivity index (χ2v) is 6.34.